The van der Waals surface area contributed by atoms with E-state index in [1.807, 2.05) is 13.0 Å². The molecule has 0 saturated heterocycles. The van der Waals surface area contributed by atoms with E-state index in [4.69, 9.17) is 4.74 Å². The van der Waals surface area contributed by atoms with Crippen molar-refractivity contribution in [3.05, 3.63) is 35.9 Å². The lowest BCUT2D eigenvalue weighted by atomic mass is 10.1. The molecule has 3 nitrogen and oxygen atoms in total. The zero-order chi connectivity index (χ0) is 13.1. The number of hydrogen-bond acceptors (Lipinski definition) is 2. The van der Waals surface area contributed by atoms with Crippen LogP contribution >= 0.6 is 0 Å². The van der Waals surface area contributed by atoms with E-state index in [2.05, 4.69) is 29.6 Å². The first-order chi connectivity index (χ1) is 8.83. The Hall–Kier alpha value is -1.35. The van der Waals surface area contributed by atoms with Crippen molar-refractivity contribution in [3.8, 4) is 0 Å². The fourth-order valence-corrected chi connectivity index (χ4v) is 1.67. The average Bonchev–Trinajstić information content (AvgIpc) is 2.42. The lowest BCUT2D eigenvalue weighted by Gasteiger charge is -2.05. The molecule has 0 saturated carbocycles. The molecule has 1 aromatic rings. The van der Waals surface area contributed by atoms with Crippen LogP contribution in [-0.2, 0) is 16.0 Å². The van der Waals surface area contributed by atoms with Crippen LogP contribution in [0, 0.1) is 0 Å². The Morgan fingerprint density at radius 2 is 1.94 bits per heavy atom. The molecule has 0 fully saturated rings. The van der Waals surface area contributed by atoms with Crippen molar-refractivity contribution < 1.29 is 9.53 Å². The summed E-state index contributed by atoms with van der Waals surface area (Å²) in [7, 11) is 0. The van der Waals surface area contributed by atoms with Gasteiger partial charge in [-0.3, -0.25) is 4.79 Å². The van der Waals surface area contributed by atoms with Gasteiger partial charge in [-0.2, -0.15) is 0 Å². The highest BCUT2D eigenvalue weighted by Gasteiger charge is 1.95. The summed E-state index contributed by atoms with van der Waals surface area (Å²) in [6, 6.07) is 10.5. The standard InChI is InChI=1S/C15H23NO2/c1-2-15(17)16-11-13-18-12-7-6-10-14-8-4-3-5-9-14/h3-5,8-9H,2,6-7,10-13H2,1H3,(H,16,17). The van der Waals surface area contributed by atoms with Crippen LogP contribution in [0.2, 0.25) is 0 Å². The fourth-order valence-electron chi connectivity index (χ4n) is 1.67. The van der Waals surface area contributed by atoms with Crippen molar-refractivity contribution in [1.82, 2.24) is 5.32 Å². The van der Waals surface area contributed by atoms with Gasteiger partial charge < -0.3 is 10.1 Å². The third-order valence-corrected chi connectivity index (χ3v) is 2.74. The molecule has 1 N–H and O–H groups in total. The minimum Gasteiger partial charge on any atom is -0.380 e. The van der Waals surface area contributed by atoms with E-state index in [1.54, 1.807) is 0 Å². The number of benzene rings is 1. The quantitative estimate of drug-likeness (QED) is 0.683. The zero-order valence-corrected chi connectivity index (χ0v) is 11.2. The number of ether oxygens (including phenoxy) is 1. The summed E-state index contributed by atoms with van der Waals surface area (Å²) >= 11 is 0. The summed E-state index contributed by atoms with van der Waals surface area (Å²) in [5.41, 5.74) is 1.38. The maximum absolute atomic E-state index is 10.9. The van der Waals surface area contributed by atoms with Gasteiger partial charge in [0.2, 0.25) is 5.91 Å². The molecule has 0 aliphatic rings. The van der Waals surface area contributed by atoms with Gasteiger partial charge in [0.25, 0.3) is 0 Å². The fraction of sp³-hybridized carbons (Fsp3) is 0.533. The van der Waals surface area contributed by atoms with Gasteiger partial charge in [0.15, 0.2) is 0 Å². The molecular weight excluding hydrogens is 226 g/mol. The summed E-state index contributed by atoms with van der Waals surface area (Å²) in [4.78, 5) is 10.9. The molecule has 1 aromatic carbocycles. The predicted octanol–water partition coefficient (Wildman–Crippen LogP) is 2.55. The second kappa shape index (κ2) is 9.66. The van der Waals surface area contributed by atoms with Gasteiger partial charge in [-0.1, -0.05) is 37.3 Å². The van der Waals surface area contributed by atoms with Gasteiger partial charge in [0.05, 0.1) is 6.61 Å². The number of unbranched alkanes of at least 4 members (excludes halogenated alkanes) is 1. The van der Waals surface area contributed by atoms with Gasteiger partial charge in [-0.05, 0) is 24.8 Å². The molecule has 0 heterocycles. The van der Waals surface area contributed by atoms with E-state index in [0.29, 0.717) is 19.6 Å². The van der Waals surface area contributed by atoms with E-state index < -0.39 is 0 Å². The summed E-state index contributed by atoms with van der Waals surface area (Å²) in [5.74, 6) is 0.0858. The summed E-state index contributed by atoms with van der Waals surface area (Å²) in [6.07, 6.45) is 3.86. The third-order valence-electron chi connectivity index (χ3n) is 2.74. The van der Waals surface area contributed by atoms with Crippen LogP contribution in [0.4, 0.5) is 0 Å². The molecule has 100 valence electrons. The van der Waals surface area contributed by atoms with Crippen molar-refractivity contribution in [2.75, 3.05) is 19.8 Å². The first-order valence-electron chi connectivity index (χ1n) is 6.71. The van der Waals surface area contributed by atoms with Gasteiger partial charge in [-0.15, -0.1) is 0 Å². The van der Waals surface area contributed by atoms with E-state index in [9.17, 15) is 4.79 Å². The summed E-state index contributed by atoms with van der Waals surface area (Å²) < 4.78 is 5.45. The van der Waals surface area contributed by atoms with Gasteiger partial charge in [-0.25, -0.2) is 0 Å². The van der Waals surface area contributed by atoms with Crippen LogP contribution in [-0.4, -0.2) is 25.7 Å². The van der Waals surface area contributed by atoms with E-state index in [1.165, 1.54) is 5.56 Å². The molecule has 0 radical (unpaired) electrons. The van der Waals surface area contributed by atoms with E-state index >= 15 is 0 Å². The maximum atomic E-state index is 10.9. The molecule has 1 rings (SSSR count). The second-order valence-electron chi connectivity index (χ2n) is 4.26. The molecule has 0 spiro atoms. The van der Waals surface area contributed by atoms with Crippen LogP contribution in [0.3, 0.4) is 0 Å². The molecule has 0 unspecified atom stereocenters. The minimum atomic E-state index is 0.0858. The third kappa shape index (κ3) is 7.07. The zero-order valence-electron chi connectivity index (χ0n) is 11.2. The van der Waals surface area contributed by atoms with Crippen LogP contribution in [0.5, 0.6) is 0 Å². The number of carbonyl (C=O) groups is 1. The summed E-state index contributed by atoms with van der Waals surface area (Å²) in [6.45, 7) is 3.84. The number of nitrogens with one attached hydrogen (secondary N) is 1. The highest BCUT2D eigenvalue weighted by atomic mass is 16.5. The molecule has 0 bridgehead atoms. The monoisotopic (exact) mass is 249 g/mol. The van der Waals surface area contributed by atoms with Crippen LogP contribution in [0.1, 0.15) is 31.7 Å². The van der Waals surface area contributed by atoms with Crippen LogP contribution < -0.4 is 5.32 Å². The Bertz CT molecular complexity index is 325. The Labute approximate surface area is 110 Å². The molecule has 0 atom stereocenters. The molecule has 1 amide bonds. The van der Waals surface area contributed by atoms with Gasteiger partial charge >= 0.3 is 0 Å². The number of aryl methyl sites for hydroxylation is 1. The number of amides is 1. The predicted molar refractivity (Wildman–Crippen MR) is 73.5 cm³/mol. The first kappa shape index (κ1) is 14.7. The highest BCUT2D eigenvalue weighted by molar-refractivity contribution is 5.75. The lowest BCUT2D eigenvalue weighted by Crippen LogP contribution is -2.26. The molecule has 3 heteroatoms. The van der Waals surface area contributed by atoms with E-state index in [0.717, 1.165) is 25.9 Å². The molecule has 0 aromatic heterocycles. The Morgan fingerprint density at radius 3 is 2.67 bits per heavy atom. The molecule has 0 aliphatic heterocycles. The van der Waals surface area contributed by atoms with Gasteiger partial charge in [0.1, 0.15) is 0 Å². The number of hydrogen-bond donors (Lipinski definition) is 1. The number of rotatable bonds is 9. The maximum Gasteiger partial charge on any atom is 0.219 e. The van der Waals surface area contributed by atoms with Crippen molar-refractivity contribution in [1.29, 1.82) is 0 Å². The average molecular weight is 249 g/mol. The Morgan fingerprint density at radius 1 is 1.17 bits per heavy atom. The van der Waals surface area contributed by atoms with Crippen molar-refractivity contribution in [3.63, 3.8) is 0 Å². The topological polar surface area (TPSA) is 38.3 Å². The molecule has 0 aliphatic carbocycles. The largest absolute Gasteiger partial charge is 0.380 e. The first-order valence-corrected chi connectivity index (χ1v) is 6.71. The Balaban J connectivity index is 1.89. The second-order valence-corrected chi connectivity index (χ2v) is 4.26. The van der Waals surface area contributed by atoms with Crippen molar-refractivity contribution in [2.45, 2.75) is 32.6 Å². The lowest BCUT2D eigenvalue weighted by molar-refractivity contribution is -0.121. The van der Waals surface area contributed by atoms with Crippen LogP contribution in [0.25, 0.3) is 0 Å². The number of carbonyl (C=O) groups excluding carboxylic acids is 1. The normalized spacial score (nSPS) is 10.3. The molecular formula is C15H23NO2. The smallest absolute Gasteiger partial charge is 0.219 e. The minimum absolute atomic E-state index is 0.0858. The molecule has 18 heavy (non-hydrogen) atoms. The van der Waals surface area contributed by atoms with E-state index in [-0.39, 0.29) is 5.91 Å². The van der Waals surface area contributed by atoms with Crippen molar-refractivity contribution in [2.24, 2.45) is 0 Å². The van der Waals surface area contributed by atoms with Crippen molar-refractivity contribution >= 4 is 5.91 Å². The SMILES string of the molecule is CCC(=O)NCCOCCCCc1ccccc1. The van der Waals surface area contributed by atoms with Crippen LogP contribution in [0.15, 0.2) is 30.3 Å². The Kier molecular flexibility index (Phi) is 7.89. The van der Waals surface area contributed by atoms with Gasteiger partial charge in [0, 0.05) is 19.6 Å². The summed E-state index contributed by atoms with van der Waals surface area (Å²) in [5, 5.41) is 2.79. The highest BCUT2D eigenvalue weighted by Crippen LogP contribution is 2.04.